The average molecular weight is 316 g/mol. The Kier molecular flexibility index (Phi) is 3.74. The van der Waals surface area contributed by atoms with E-state index in [0.717, 1.165) is 6.42 Å². The zero-order valence-corrected chi connectivity index (χ0v) is 13.4. The van der Waals surface area contributed by atoms with Gasteiger partial charge in [0.2, 0.25) is 17.7 Å². The van der Waals surface area contributed by atoms with Crippen molar-refractivity contribution in [3.05, 3.63) is 12.2 Å². The van der Waals surface area contributed by atoms with Crippen molar-refractivity contribution in [1.29, 1.82) is 0 Å². The van der Waals surface area contributed by atoms with E-state index in [1.54, 1.807) is 0 Å². The van der Waals surface area contributed by atoms with Crippen molar-refractivity contribution in [2.24, 2.45) is 29.6 Å². The van der Waals surface area contributed by atoms with Crippen LogP contribution in [0.3, 0.4) is 0 Å². The van der Waals surface area contributed by atoms with Crippen LogP contribution in [0, 0.1) is 29.6 Å². The smallest absolute Gasteiger partial charge is 0.240 e. The number of amides is 3. The Morgan fingerprint density at radius 1 is 1.04 bits per heavy atom. The highest BCUT2D eigenvalue weighted by atomic mass is 16.2. The quantitative estimate of drug-likeness (QED) is 0.631. The third-order valence-corrected chi connectivity index (χ3v) is 6.18. The van der Waals surface area contributed by atoms with Crippen molar-refractivity contribution < 1.29 is 14.4 Å². The lowest BCUT2D eigenvalue weighted by molar-refractivity contribution is -0.144. The zero-order chi connectivity index (χ0) is 16.0. The molecule has 1 saturated heterocycles. The van der Waals surface area contributed by atoms with Gasteiger partial charge in [0.15, 0.2) is 0 Å². The average Bonchev–Trinajstić information content (AvgIpc) is 3.24. The number of allylic oxidation sites excluding steroid dienone is 2. The summed E-state index contributed by atoms with van der Waals surface area (Å²) >= 11 is 0. The summed E-state index contributed by atoms with van der Waals surface area (Å²) in [6.07, 6.45) is 11.2. The molecule has 5 heteroatoms. The molecule has 1 aliphatic heterocycles. The summed E-state index contributed by atoms with van der Waals surface area (Å²) in [4.78, 5) is 38.4. The van der Waals surface area contributed by atoms with E-state index in [4.69, 9.17) is 0 Å². The highest BCUT2D eigenvalue weighted by Gasteiger charge is 2.59. The van der Waals surface area contributed by atoms with Gasteiger partial charge in [-0.25, -0.2) is 0 Å². The molecule has 3 fully saturated rings. The second-order valence-electron chi connectivity index (χ2n) is 7.57. The molecular weight excluding hydrogens is 292 g/mol. The summed E-state index contributed by atoms with van der Waals surface area (Å²) in [6, 6.07) is 0. The van der Waals surface area contributed by atoms with Crippen molar-refractivity contribution in [3.8, 4) is 0 Å². The van der Waals surface area contributed by atoms with Crippen molar-refractivity contribution in [3.63, 3.8) is 0 Å². The summed E-state index contributed by atoms with van der Waals surface area (Å²) in [5, 5.41) is 2.92. The number of rotatable bonds is 4. The van der Waals surface area contributed by atoms with Crippen LogP contribution in [0.1, 0.15) is 38.5 Å². The standard InChI is InChI=1S/C18H24N2O3/c21-14(19-9-11-4-2-1-3-5-11)10-20-17(22)15-12-6-7-13(8-12)16(15)18(20)23/h6-7,11-13,15-16H,1-5,8-10H2,(H,19,21). The minimum Gasteiger partial charge on any atom is -0.354 e. The van der Waals surface area contributed by atoms with Crippen LogP contribution < -0.4 is 5.32 Å². The first-order chi connectivity index (χ1) is 11.1. The number of nitrogens with one attached hydrogen (secondary N) is 1. The van der Waals surface area contributed by atoms with Gasteiger partial charge in [0.1, 0.15) is 6.54 Å². The minimum atomic E-state index is -0.205. The summed E-state index contributed by atoms with van der Waals surface area (Å²) < 4.78 is 0. The fourth-order valence-electron chi connectivity index (χ4n) is 4.97. The van der Waals surface area contributed by atoms with E-state index in [1.807, 2.05) is 0 Å². The molecule has 0 radical (unpaired) electrons. The molecule has 0 aromatic rings. The molecule has 0 aromatic carbocycles. The third kappa shape index (κ3) is 2.50. The molecule has 23 heavy (non-hydrogen) atoms. The number of imide groups is 1. The van der Waals surface area contributed by atoms with Crippen molar-refractivity contribution >= 4 is 17.7 Å². The molecule has 124 valence electrons. The monoisotopic (exact) mass is 316 g/mol. The van der Waals surface area contributed by atoms with Gasteiger partial charge in [-0.2, -0.15) is 0 Å². The van der Waals surface area contributed by atoms with Crippen LogP contribution in [-0.2, 0) is 14.4 Å². The molecule has 1 heterocycles. The number of likely N-dealkylation sites (tertiary alicyclic amines) is 1. The molecule has 2 saturated carbocycles. The maximum Gasteiger partial charge on any atom is 0.240 e. The Morgan fingerprint density at radius 3 is 2.26 bits per heavy atom. The lowest BCUT2D eigenvalue weighted by Gasteiger charge is -2.22. The lowest BCUT2D eigenvalue weighted by Crippen LogP contribution is -2.43. The summed E-state index contributed by atoms with van der Waals surface area (Å²) in [5.41, 5.74) is 0. The molecule has 2 bridgehead atoms. The van der Waals surface area contributed by atoms with Gasteiger partial charge in [-0.3, -0.25) is 19.3 Å². The molecule has 5 nitrogen and oxygen atoms in total. The molecule has 4 unspecified atom stereocenters. The van der Waals surface area contributed by atoms with Gasteiger partial charge in [0.05, 0.1) is 11.8 Å². The van der Waals surface area contributed by atoms with Crippen molar-refractivity contribution in [2.45, 2.75) is 38.5 Å². The molecule has 1 N–H and O–H groups in total. The zero-order valence-electron chi connectivity index (χ0n) is 13.4. The van der Waals surface area contributed by atoms with Crippen LogP contribution in [0.2, 0.25) is 0 Å². The van der Waals surface area contributed by atoms with E-state index >= 15 is 0 Å². The molecular formula is C18H24N2O3. The number of hydrogen-bond acceptors (Lipinski definition) is 3. The van der Waals surface area contributed by atoms with E-state index in [1.165, 1.54) is 37.0 Å². The lowest BCUT2D eigenvalue weighted by atomic mass is 9.85. The summed E-state index contributed by atoms with van der Waals surface area (Å²) in [6.45, 7) is 0.575. The highest BCUT2D eigenvalue weighted by Crippen LogP contribution is 2.52. The van der Waals surface area contributed by atoms with Crippen LogP contribution in [0.5, 0.6) is 0 Å². The third-order valence-electron chi connectivity index (χ3n) is 6.18. The topological polar surface area (TPSA) is 66.5 Å². The Balaban J connectivity index is 1.33. The Morgan fingerprint density at radius 2 is 1.65 bits per heavy atom. The molecule has 4 rings (SSSR count). The molecule has 4 atom stereocenters. The number of hydrogen-bond donors (Lipinski definition) is 1. The van der Waals surface area contributed by atoms with E-state index in [0.29, 0.717) is 12.5 Å². The first-order valence-electron chi connectivity index (χ1n) is 8.95. The predicted octanol–water partition coefficient (Wildman–Crippen LogP) is 1.49. The van der Waals surface area contributed by atoms with Crippen LogP contribution in [0.15, 0.2) is 12.2 Å². The van der Waals surface area contributed by atoms with Crippen LogP contribution >= 0.6 is 0 Å². The molecule has 3 aliphatic carbocycles. The van der Waals surface area contributed by atoms with Gasteiger partial charge in [0, 0.05) is 6.54 Å². The number of carbonyl (C=O) groups excluding carboxylic acids is 3. The Bertz CT molecular complexity index is 535. The van der Waals surface area contributed by atoms with Gasteiger partial charge in [-0.1, -0.05) is 31.4 Å². The van der Waals surface area contributed by atoms with Gasteiger partial charge < -0.3 is 5.32 Å². The van der Waals surface area contributed by atoms with Gasteiger partial charge in [-0.15, -0.1) is 0 Å². The summed E-state index contributed by atoms with van der Waals surface area (Å²) in [5.74, 6) is 0.0878. The maximum atomic E-state index is 12.5. The van der Waals surface area contributed by atoms with Crippen molar-refractivity contribution in [2.75, 3.05) is 13.1 Å². The first kappa shape index (κ1) is 14.9. The fraction of sp³-hybridized carbons (Fsp3) is 0.722. The minimum absolute atomic E-state index is 0.100. The largest absolute Gasteiger partial charge is 0.354 e. The normalized spacial score (nSPS) is 35.9. The van der Waals surface area contributed by atoms with Crippen LogP contribution in [0.4, 0.5) is 0 Å². The molecule has 4 aliphatic rings. The Labute approximate surface area is 136 Å². The van der Waals surface area contributed by atoms with Gasteiger partial charge in [0.25, 0.3) is 0 Å². The fourth-order valence-corrected chi connectivity index (χ4v) is 4.97. The summed E-state index contributed by atoms with van der Waals surface area (Å²) in [7, 11) is 0. The van der Waals surface area contributed by atoms with E-state index < -0.39 is 0 Å². The number of fused-ring (bicyclic) bond motifs is 5. The number of nitrogens with zero attached hydrogens (tertiary/aromatic N) is 1. The van der Waals surface area contributed by atoms with Crippen LogP contribution in [-0.4, -0.2) is 35.7 Å². The predicted molar refractivity (Wildman–Crippen MR) is 84.0 cm³/mol. The van der Waals surface area contributed by atoms with Crippen molar-refractivity contribution in [1.82, 2.24) is 10.2 Å². The number of carbonyl (C=O) groups is 3. The Hall–Kier alpha value is -1.65. The molecule has 0 aromatic heterocycles. The SMILES string of the molecule is O=C(CN1C(=O)C2C3C=CC(C3)C2C1=O)NCC1CCCCC1. The first-order valence-corrected chi connectivity index (χ1v) is 8.95. The molecule has 0 spiro atoms. The van der Waals surface area contributed by atoms with Gasteiger partial charge >= 0.3 is 0 Å². The van der Waals surface area contributed by atoms with Gasteiger partial charge in [-0.05, 0) is 37.0 Å². The second kappa shape index (κ2) is 5.77. The van der Waals surface area contributed by atoms with E-state index in [9.17, 15) is 14.4 Å². The van der Waals surface area contributed by atoms with E-state index in [2.05, 4.69) is 17.5 Å². The second-order valence-corrected chi connectivity index (χ2v) is 7.57. The highest BCUT2D eigenvalue weighted by molar-refractivity contribution is 6.08. The van der Waals surface area contributed by atoms with E-state index in [-0.39, 0.29) is 47.9 Å². The molecule has 3 amide bonds. The van der Waals surface area contributed by atoms with Crippen LogP contribution in [0.25, 0.3) is 0 Å². The maximum absolute atomic E-state index is 12.5.